The standard InChI is InChI=1S/C13H20O8/c1-6(14)17-5-8(16)9-10(18-7(2)15)11-12(19-9)21-13(3,4)20-11/h8-12,16H,5H2,1-4H3/t8-,9-,10-,11-,12-/m1/s1. The van der Waals surface area contributed by atoms with Crippen molar-refractivity contribution >= 4 is 11.9 Å². The normalized spacial score (nSPS) is 35.1. The minimum atomic E-state index is -1.15. The first-order valence-electron chi connectivity index (χ1n) is 6.69. The van der Waals surface area contributed by atoms with Crippen molar-refractivity contribution in [1.82, 2.24) is 0 Å². The van der Waals surface area contributed by atoms with Gasteiger partial charge >= 0.3 is 11.9 Å². The fourth-order valence-corrected chi connectivity index (χ4v) is 2.44. The first-order valence-corrected chi connectivity index (χ1v) is 6.69. The van der Waals surface area contributed by atoms with Crippen molar-refractivity contribution in [3.63, 3.8) is 0 Å². The van der Waals surface area contributed by atoms with E-state index in [9.17, 15) is 14.7 Å². The van der Waals surface area contributed by atoms with E-state index in [1.165, 1.54) is 13.8 Å². The van der Waals surface area contributed by atoms with Crippen LogP contribution in [-0.2, 0) is 33.3 Å². The van der Waals surface area contributed by atoms with Crippen LogP contribution in [0.15, 0.2) is 0 Å². The molecule has 8 heteroatoms. The SMILES string of the molecule is CC(=O)OC[C@@H](O)[C@H]1O[C@@H]2OC(C)(C)O[C@@H]2[C@@H]1OC(C)=O. The summed E-state index contributed by atoms with van der Waals surface area (Å²) in [5, 5.41) is 10.1. The molecule has 5 atom stereocenters. The zero-order valence-electron chi connectivity index (χ0n) is 12.4. The second kappa shape index (κ2) is 5.88. The molecule has 2 fully saturated rings. The molecule has 21 heavy (non-hydrogen) atoms. The molecule has 2 aliphatic heterocycles. The van der Waals surface area contributed by atoms with Crippen molar-refractivity contribution in [2.75, 3.05) is 6.61 Å². The fraction of sp³-hybridized carbons (Fsp3) is 0.846. The van der Waals surface area contributed by atoms with E-state index in [-0.39, 0.29) is 6.61 Å². The van der Waals surface area contributed by atoms with Gasteiger partial charge < -0.3 is 28.8 Å². The Morgan fingerprint density at radius 3 is 2.48 bits per heavy atom. The van der Waals surface area contributed by atoms with Gasteiger partial charge in [-0.2, -0.15) is 0 Å². The summed E-state index contributed by atoms with van der Waals surface area (Å²) in [7, 11) is 0. The third-order valence-electron chi connectivity index (χ3n) is 3.17. The van der Waals surface area contributed by atoms with Crippen LogP contribution in [-0.4, -0.2) is 60.1 Å². The van der Waals surface area contributed by atoms with Gasteiger partial charge in [0.1, 0.15) is 18.8 Å². The van der Waals surface area contributed by atoms with E-state index in [2.05, 4.69) is 0 Å². The monoisotopic (exact) mass is 304 g/mol. The molecule has 2 saturated heterocycles. The number of carbonyl (C=O) groups is 2. The molecular formula is C13H20O8. The number of ether oxygens (including phenoxy) is 5. The van der Waals surface area contributed by atoms with Gasteiger partial charge in [-0.25, -0.2) is 0 Å². The van der Waals surface area contributed by atoms with Gasteiger partial charge in [0.2, 0.25) is 0 Å². The van der Waals surface area contributed by atoms with Gasteiger partial charge in [0.25, 0.3) is 0 Å². The molecule has 0 bridgehead atoms. The highest BCUT2D eigenvalue weighted by Crippen LogP contribution is 2.39. The third kappa shape index (κ3) is 3.70. The molecule has 2 heterocycles. The summed E-state index contributed by atoms with van der Waals surface area (Å²) in [6.07, 6.45) is -4.26. The molecule has 0 radical (unpaired) electrons. The zero-order valence-corrected chi connectivity index (χ0v) is 12.4. The molecule has 8 nitrogen and oxygen atoms in total. The Morgan fingerprint density at radius 2 is 1.90 bits per heavy atom. The van der Waals surface area contributed by atoms with E-state index in [0.717, 1.165) is 0 Å². The van der Waals surface area contributed by atoms with Gasteiger partial charge in [0, 0.05) is 13.8 Å². The van der Waals surface area contributed by atoms with E-state index < -0.39 is 48.4 Å². The number of fused-ring (bicyclic) bond motifs is 1. The van der Waals surface area contributed by atoms with Crippen LogP contribution in [0.25, 0.3) is 0 Å². The quantitative estimate of drug-likeness (QED) is 0.708. The molecule has 0 aromatic carbocycles. The molecule has 0 aromatic heterocycles. The van der Waals surface area contributed by atoms with Crippen molar-refractivity contribution in [2.45, 2.75) is 64.2 Å². The third-order valence-corrected chi connectivity index (χ3v) is 3.17. The summed E-state index contributed by atoms with van der Waals surface area (Å²) < 4.78 is 26.7. The summed E-state index contributed by atoms with van der Waals surface area (Å²) >= 11 is 0. The molecule has 0 saturated carbocycles. The van der Waals surface area contributed by atoms with Crippen LogP contribution in [0.3, 0.4) is 0 Å². The summed E-state index contributed by atoms with van der Waals surface area (Å²) in [4.78, 5) is 22.0. The molecule has 0 spiro atoms. The Labute approximate surface area is 122 Å². The van der Waals surface area contributed by atoms with E-state index in [1.807, 2.05) is 0 Å². The molecule has 2 rings (SSSR count). The van der Waals surface area contributed by atoms with Crippen molar-refractivity contribution in [3.8, 4) is 0 Å². The highest BCUT2D eigenvalue weighted by atomic mass is 16.8. The summed E-state index contributed by atoms with van der Waals surface area (Å²) in [6, 6.07) is 0. The van der Waals surface area contributed by atoms with E-state index in [0.29, 0.717) is 0 Å². The van der Waals surface area contributed by atoms with Crippen molar-refractivity contribution in [3.05, 3.63) is 0 Å². The van der Waals surface area contributed by atoms with E-state index >= 15 is 0 Å². The lowest BCUT2D eigenvalue weighted by atomic mass is 10.1. The Morgan fingerprint density at radius 1 is 1.24 bits per heavy atom. The first kappa shape index (κ1) is 16.2. The fourth-order valence-electron chi connectivity index (χ4n) is 2.44. The molecule has 0 aromatic rings. The highest BCUT2D eigenvalue weighted by Gasteiger charge is 2.58. The van der Waals surface area contributed by atoms with Crippen molar-refractivity contribution in [2.24, 2.45) is 0 Å². The predicted octanol–water partition coefficient (Wildman–Crippen LogP) is -0.282. The van der Waals surface area contributed by atoms with Crippen LogP contribution in [0.1, 0.15) is 27.7 Å². The van der Waals surface area contributed by atoms with Crippen LogP contribution < -0.4 is 0 Å². The van der Waals surface area contributed by atoms with Crippen LogP contribution >= 0.6 is 0 Å². The van der Waals surface area contributed by atoms with Gasteiger partial charge in [-0.05, 0) is 13.8 Å². The Bertz CT molecular complexity index is 420. The number of aliphatic hydroxyl groups is 1. The Balaban J connectivity index is 2.07. The number of hydrogen-bond donors (Lipinski definition) is 1. The van der Waals surface area contributed by atoms with Crippen LogP contribution in [0.5, 0.6) is 0 Å². The smallest absolute Gasteiger partial charge is 0.303 e. The van der Waals surface area contributed by atoms with Crippen LogP contribution in [0.2, 0.25) is 0 Å². The molecular weight excluding hydrogens is 284 g/mol. The number of esters is 2. The van der Waals surface area contributed by atoms with Crippen molar-refractivity contribution < 1.29 is 38.4 Å². The Hall–Kier alpha value is -1.22. The molecule has 0 amide bonds. The maximum atomic E-state index is 11.2. The lowest BCUT2D eigenvalue weighted by Crippen LogP contribution is -2.45. The number of rotatable bonds is 4. The summed E-state index contributed by atoms with van der Waals surface area (Å²) in [6.45, 7) is 5.65. The minimum absolute atomic E-state index is 0.263. The Kier molecular flexibility index (Phi) is 4.52. The van der Waals surface area contributed by atoms with Gasteiger partial charge in [0.15, 0.2) is 24.3 Å². The predicted molar refractivity (Wildman–Crippen MR) is 66.9 cm³/mol. The summed E-state index contributed by atoms with van der Waals surface area (Å²) in [5.41, 5.74) is 0. The second-order valence-electron chi connectivity index (χ2n) is 5.51. The van der Waals surface area contributed by atoms with Crippen LogP contribution in [0, 0.1) is 0 Å². The lowest BCUT2D eigenvalue weighted by Gasteiger charge is -2.27. The largest absolute Gasteiger partial charge is 0.463 e. The molecule has 120 valence electrons. The van der Waals surface area contributed by atoms with Gasteiger partial charge in [-0.3, -0.25) is 9.59 Å². The van der Waals surface area contributed by atoms with Crippen LogP contribution in [0.4, 0.5) is 0 Å². The van der Waals surface area contributed by atoms with Gasteiger partial charge in [-0.15, -0.1) is 0 Å². The molecule has 2 aliphatic rings. The maximum absolute atomic E-state index is 11.2. The highest BCUT2D eigenvalue weighted by molar-refractivity contribution is 5.66. The average Bonchev–Trinajstić information content (AvgIpc) is 2.79. The topological polar surface area (TPSA) is 101 Å². The molecule has 0 aliphatic carbocycles. The zero-order chi connectivity index (χ0) is 15.8. The van der Waals surface area contributed by atoms with Gasteiger partial charge in [-0.1, -0.05) is 0 Å². The number of hydrogen-bond acceptors (Lipinski definition) is 8. The average molecular weight is 304 g/mol. The van der Waals surface area contributed by atoms with E-state index in [4.69, 9.17) is 23.7 Å². The minimum Gasteiger partial charge on any atom is -0.463 e. The first-order chi connectivity index (χ1) is 9.69. The number of carbonyl (C=O) groups excluding carboxylic acids is 2. The maximum Gasteiger partial charge on any atom is 0.303 e. The molecule has 0 unspecified atom stereocenters. The van der Waals surface area contributed by atoms with E-state index in [1.54, 1.807) is 13.8 Å². The summed E-state index contributed by atoms with van der Waals surface area (Å²) in [5.74, 6) is -1.91. The molecule has 1 N–H and O–H groups in total. The second-order valence-corrected chi connectivity index (χ2v) is 5.51. The number of aliphatic hydroxyl groups excluding tert-OH is 1. The van der Waals surface area contributed by atoms with Gasteiger partial charge in [0.05, 0.1) is 0 Å². The van der Waals surface area contributed by atoms with Crippen molar-refractivity contribution in [1.29, 1.82) is 0 Å². The lowest BCUT2D eigenvalue weighted by molar-refractivity contribution is -0.231.